The normalized spacial score (nSPS) is 10.4. The number of imidazole rings is 1. The molecule has 1 aromatic carbocycles. The highest BCUT2D eigenvalue weighted by Gasteiger charge is 2.12. The van der Waals surface area contributed by atoms with Crippen LogP contribution in [0.3, 0.4) is 0 Å². The molecule has 2 aromatic rings. The molecule has 5 heteroatoms. The Morgan fingerprint density at radius 2 is 2.28 bits per heavy atom. The Balaban J connectivity index is 2.24. The molecule has 1 aromatic heterocycles. The van der Waals surface area contributed by atoms with E-state index in [2.05, 4.69) is 9.72 Å². The number of nitrogens with zero attached hydrogens (tertiary/aromatic N) is 2. The highest BCUT2D eigenvalue weighted by Crippen LogP contribution is 2.13. The molecule has 4 nitrogen and oxygen atoms in total. The quantitative estimate of drug-likeness (QED) is 0.782. The first-order chi connectivity index (χ1) is 8.61. The summed E-state index contributed by atoms with van der Waals surface area (Å²) in [5, 5.41) is 0. The summed E-state index contributed by atoms with van der Waals surface area (Å²) in [5.41, 5.74) is 0.713. The smallest absolute Gasteiger partial charge is 0.340 e. The average molecular weight is 248 g/mol. The zero-order chi connectivity index (χ0) is 13.1. The number of aryl methyl sites for hydroxylation is 1. The van der Waals surface area contributed by atoms with E-state index in [1.165, 1.54) is 19.2 Å². The van der Waals surface area contributed by atoms with E-state index in [0.29, 0.717) is 6.54 Å². The molecule has 0 fully saturated rings. The Labute approximate surface area is 104 Å². The number of carbonyl (C=O) groups excluding carboxylic acids is 1. The van der Waals surface area contributed by atoms with Gasteiger partial charge in [-0.15, -0.1) is 0 Å². The summed E-state index contributed by atoms with van der Waals surface area (Å²) in [6.45, 7) is 2.39. The molecule has 0 spiro atoms. The number of benzene rings is 1. The van der Waals surface area contributed by atoms with Gasteiger partial charge in [0, 0.05) is 18.9 Å². The number of halogens is 1. The molecule has 0 aliphatic carbocycles. The van der Waals surface area contributed by atoms with Crippen LogP contribution in [0.4, 0.5) is 4.39 Å². The van der Waals surface area contributed by atoms with Gasteiger partial charge in [0.05, 0.1) is 12.7 Å². The topological polar surface area (TPSA) is 44.1 Å². The third kappa shape index (κ3) is 2.40. The van der Waals surface area contributed by atoms with Crippen molar-refractivity contribution in [3.63, 3.8) is 0 Å². The Morgan fingerprint density at radius 3 is 2.83 bits per heavy atom. The predicted molar refractivity (Wildman–Crippen MR) is 63.8 cm³/mol. The number of esters is 1. The molecule has 18 heavy (non-hydrogen) atoms. The Kier molecular flexibility index (Phi) is 3.41. The summed E-state index contributed by atoms with van der Waals surface area (Å²) in [7, 11) is 1.23. The van der Waals surface area contributed by atoms with Gasteiger partial charge in [-0.05, 0) is 24.6 Å². The molecule has 0 atom stereocenters. The molecular weight excluding hydrogens is 235 g/mol. The SMILES string of the molecule is COC(=O)c1ccc(Cn2ccnc2C)cc1F. The van der Waals surface area contributed by atoms with Crippen LogP contribution in [0.5, 0.6) is 0 Å². The van der Waals surface area contributed by atoms with Gasteiger partial charge >= 0.3 is 5.97 Å². The van der Waals surface area contributed by atoms with Gasteiger partial charge in [0.15, 0.2) is 0 Å². The van der Waals surface area contributed by atoms with Crippen molar-refractivity contribution in [3.8, 4) is 0 Å². The van der Waals surface area contributed by atoms with E-state index in [9.17, 15) is 9.18 Å². The Bertz CT molecular complexity index is 578. The Morgan fingerprint density at radius 1 is 1.50 bits per heavy atom. The van der Waals surface area contributed by atoms with Gasteiger partial charge in [-0.3, -0.25) is 0 Å². The van der Waals surface area contributed by atoms with E-state index < -0.39 is 11.8 Å². The van der Waals surface area contributed by atoms with E-state index in [0.717, 1.165) is 11.4 Å². The number of hydrogen-bond acceptors (Lipinski definition) is 3. The second-order valence-corrected chi connectivity index (χ2v) is 3.91. The van der Waals surface area contributed by atoms with Crippen molar-refractivity contribution in [2.45, 2.75) is 13.5 Å². The molecule has 94 valence electrons. The van der Waals surface area contributed by atoms with Crippen LogP contribution >= 0.6 is 0 Å². The number of ether oxygens (including phenoxy) is 1. The van der Waals surface area contributed by atoms with Crippen molar-refractivity contribution in [1.82, 2.24) is 9.55 Å². The third-order valence-electron chi connectivity index (χ3n) is 2.72. The maximum absolute atomic E-state index is 13.7. The molecule has 0 radical (unpaired) electrons. The van der Waals surface area contributed by atoms with E-state index in [1.807, 2.05) is 17.7 Å². The van der Waals surface area contributed by atoms with Crippen molar-refractivity contribution in [3.05, 3.63) is 53.4 Å². The van der Waals surface area contributed by atoms with E-state index in [4.69, 9.17) is 0 Å². The van der Waals surface area contributed by atoms with Gasteiger partial charge in [-0.2, -0.15) is 0 Å². The minimum atomic E-state index is -0.669. The molecule has 0 N–H and O–H groups in total. The van der Waals surface area contributed by atoms with Gasteiger partial charge in [0.25, 0.3) is 0 Å². The lowest BCUT2D eigenvalue weighted by molar-refractivity contribution is 0.0595. The lowest BCUT2D eigenvalue weighted by atomic mass is 10.1. The van der Waals surface area contributed by atoms with Crippen molar-refractivity contribution >= 4 is 5.97 Å². The minimum Gasteiger partial charge on any atom is -0.465 e. The Hall–Kier alpha value is -2.17. The highest BCUT2D eigenvalue weighted by molar-refractivity contribution is 5.89. The van der Waals surface area contributed by atoms with Gasteiger partial charge < -0.3 is 9.30 Å². The van der Waals surface area contributed by atoms with Crippen LogP contribution < -0.4 is 0 Å². The van der Waals surface area contributed by atoms with E-state index in [-0.39, 0.29) is 5.56 Å². The molecule has 0 amide bonds. The molecular formula is C13H13FN2O2. The second-order valence-electron chi connectivity index (χ2n) is 3.91. The van der Waals surface area contributed by atoms with Crippen molar-refractivity contribution in [2.75, 3.05) is 7.11 Å². The summed E-state index contributed by atoms with van der Waals surface area (Å²) in [4.78, 5) is 15.3. The van der Waals surface area contributed by atoms with Gasteiger partial charge in [0.2, 0.25) is 0 Å². The summed E-state index contributed by atoms with van der Waals surface area (Å²) >= 11 is 0. The van der Waals surface area contributed by atoms with Crippen LogP contribution in [0.15, 0.2) is 30.6 Å². The lowest BCUT2D eigenvalue weighted by Crippen LogP contribution is -2.06. The summed E-state index contributed by atoms with van der Waals surface area (Å²) < 4.78 is 20.1. The average Bonchev–Trinajstić information content (AvgIpc) is 2.74. The first-order valence-corrected chi connectivity index (χ1v) is 5.46. The van der Waals surface area contributed by atoms with Crippen LogP contribution in [0.2, 0.25) is 0 Å². The number of aromatic nitrogens is 2. The largest absolute Gasteiger partial charge is 0.465 e. The molecule has 0 saturated carbocycles. The van der Waals surface area contributed by atoms with Gasteiger partial charge in [0.1, 0.15) is 11.6 Å². The summed E-state index contributed by atoms with van der Waals surface area (Å²) in [5.74, 6) is -0.387. The number of hydrogen-bond donors (Lipinski definition) is 0. The molecule has 0 saturated heterocycles. The van der Waals surface area contributed by atoms with Crippen LogP contribution in [0.25, 0.3) is 0 Å². The lowest BCUT2D eigenvalue weighted by Gasteiger charge is -2.07. The highest BCUT2D eigenvalue weighted by atomic mass is 19.1. The maximum Gasteiger partial charge on any atom is 0.340 e. The number of rotatable bonds is 3. The number of methoxy groups -OCH3 is 1. The van der Waals surface area contributed by atoms with Crippen LogP contribution in [-0.4, -0.2) is 22.6 Å². The second kappa shape index (κ2) is 5.00. The fraction of sp³-hybridized carbons (Fsp3) is 0.231. The first-order valence-electron chi connectivity index (χ1n) is 5.46. The van der Waals surface area contributed by atoms with Gasteiger partial charge in [-0.25, -0.2) is 14.2 Å². The fourth-order valence-electron chi connectivity index (χ4n) is 1.70. The molecule has 2 rings (SSSR count). The van der Waals surface area contributed by atoms with Crippen LogP contribution in [0.1, 0.15) is 21.7 Å². The monoisotopic (exact) mass is 248 g/mol. The van der Waals surface area contributed by atoms with Crippen molar-refractivity contribution < 1.29 is 13.9 Å². The van der Waals surface area contributed by atoms with Crippen molar-refractivity contribution in [2.24, 2.45) is 0 Å². The van der Waals surface area contributed by atoms with Crippen LogP contribution in [-0.2, 0) is 11.3 Å². The molecule has 1 heterocycles. The molecule has 0 aliphatic rings. The summed E-state index contributed by atoms with van der Waals surface area (Å²) in [6, 6.07) is 4.48. The van der Waals surface area contributed by atoms with Crippen LogP contribution in [0, 0.1) is 12.7 Å². The summed E-state index contributed by atoms with van der Waals surface area (Å²) in [6.07, 6.45) is 3.51. The zero-order valence-corrected chi connectivity index (χ0v) is 10.2. The van der Waals surface area contributed by atoms with E-state index in [1.54, 1.807) is 12.3 Å². The van der Waals surface area contributed by atoms with E-state index >= 15 is 0 Å². The zero-order valence-electron chi connectivity index (χ0n) is 10.2. The van der Waals surface area contributed by atoms with Crippen molar-refractivity contribution in [1.29, 1.82) is 0 Å². The molecule has 0 aliphatic heterocycles. The molecule has 0 bridgehead atoms. The standard InChI is InChI=1S/C13H13FN2O2/c1-9-15-5-6-16(9)8-10-3-4-11(12(14)7-10)13(17)18-2/h3-7H,8H2,1-2H3. The maximum atomic E-state index is 13.7. The first kappa shape index (κ1) is 12.3. The minimum absolute atomic E-state index is 0.0522. The third-order valence-corrected chi connectivity index (χ3v) is 2.72. The fourth-order valence-corrected chi connectivity index (χ4v) is 1.70. The molecule has 0 unspecified atom stereocenters. The predicted octanol–water partition coefficient (Wildman–Crippen LogP) is 2.17. The number of carbonyl (C=O) groups is 1. The van der Waals surface area contributed by atoms with Gasteiger partial charge in [-0.1, -0.05) is 6.07 Å².